The third-order valence-electron chi connectivity index (χ3n) is 6.06. The van der Waals surface area contributed by atoms with E-state index in [1.807, 2.05) is 23.1 Å². The molecule has 0 bridgehead atoms. The van der Waals surface area contributed by atoms with Gasteiger partial charge in [-0.3, -0.25) is 19.8 Å². The van der Waals surface area contributed by atoms with Gasteiger partial charge in [0.05, 0.1) is 15.6 Å². The molecule has 0 unspecified atom stereocenters. The highest BCUT2D eigenvalue weighted by molar-refractivity contribution is 8.18. The number of thioether (sulfide) groups is 1. The summed E-state index contributed by atoms with van der Waals surface area (Å²) in [7, 11) is 0. The first-order valence-corrected chi connectivity index (χ1v) is 12.2. The van der Waals surface area contributed by atoms with Crippen LogP contribution in [-0.2, 0) is 17.3 Å². The zero-order valence-corrected chi connectivity index (χ0v) is 20.3. The van der Waals surface area contributed by atoms with E-state index in [0.29, 0.717) is 24.3 Å². The van der Waals surface area contributed by atoms with Gasteiger partial charge in [-0.05, 0) is 47.7 Å². The van der Waals surface area contributed by atoms with Gasteiger partial charge < -0.3 is 14.4 Å². The van der Waals surface area contributed by atoms with Crippen molar-refractivity contribution in [2.24, 2.45) is 0 Å². The van der Waals surface area contributed by atoms with Gasteiger partial charge in [0.15, 0.2) is 11.5 Å². The van der Waals surface area contributed by atoms with Crippen LogP contribution >= 0.6 is 23.4 Å². The molecule has 2 saturated heterocycles. The van der Waals surface area contributed by atoms with Crippen LogP contribution in [-0.4, -0.2) is 49.0 Å². The van der Waals surface area contributed by atoms with E-state index in [1.165, 1.54) is 18.2 Å². The molecular weight excluding hydrogens is 500 g/mol. The largest absolute Gasteiger partial charge is 0.454 e. The Morgan fingerprint density at radius 1 is 1.11 bits per heavy atom. The van der Waals surface area contributed by atoms with Gasteiger partial charge in [-0.15, -0.1) is 0 Å². The lowest BCUT2D eigenvalue weighted by molar-refractivity contribution is -0.115. The number of benzene rings is 2. The second-order valence-electron chi connectivity index (χ2n) is 8.59. The minimum Gasteiger partial charge on any atom is -0.454 e. The summed E-state index contributed by atoms with van der Waals surface area (Å²) in [6.45, 7) is 4.43. The van der Waals surface area contributed by atoms with Crippen LogP contribution in [0.4, 0.5) is 19.3 Å². The molecule has 2 amide bonds. The third-order valence-corrected chi connectivity index (χ3v) is 7.16. The summed E-state index contributed by atoms with van der Waals surface area (Å²) in [6, 6.07) is 8.50. The third kappa shape index (κ3) is 5.10. The molecule has 0 saturated carbocycles. The minimum absolute atomic E-state index is 0.144. The molecule has 3 heterocycles. The molecule has 3 aliphatic rings. The average molecular weight is 522 g/mol. The minimum atomic E-state index is -3.11. The van der Waals surface area contributed by atoms with E-state index < -0.39 is 17.1 Å². The lowest BCUT2D eigenvalue weighted by Gasteiger charge is -2.37. The number of nitrogens with one attached hydrogen (secondary N) is 1. The maximum Gasteiger partial charge on any atom is 0.290 e. The fourth-order valence-electron chi connectivity index (χ4n) is 4.31. The summed E-state index contributed by atoms with van der Waals surface area (Å²) in [4.78, 5) is 28.1. The van der Waals surface area contributed by atoms with Gasteiger partial charge in [0, 0.05) is 50.8 Å². The zero-order chi connectivity index (χ0) is 24.7. The fraction of sp³-hybridized carbons (Fsp3) is 0.333. The van der Waals surface area contributed by atoms with Gasteiger partial charge in [0.25, 0.3) is 17.1 Å². The summed E-state index contributed by atoms with van der Waals surface area (Å²) >= 11 is 7.26. The van der Waals surface area contributed by atoms with Crippen molar-refractivity contribution >= 4 is 46.3 Å². The number of fused-ring (bicyclic) bond motifs is 1. The van der Waals surface area contributed by atoms with Crippen molar-refractivity contribution < 1.29 is 27.8 Å². The van der Waals surface area contributed by atoms with Gasteiger partial charge in [-0.2, -0.15) is 0 Å². The Bertz CT molecular complexity index is 1230. The quantitative estimate of drug-likeness (QED) is 0.565. The van der Waals surface area contributed by atoms with Gasteiger partial charge >= 0.3 is 0 Å². The fourth-order valence-corrected chi connectivity index (χ4v) is 5.33. The van der Waals surface area contributed by atoms with E-state index in [-0.39, 0.29) is 22.3 Å². The molecule has 11 heteroatoms. The number of hydrogen-bond donors (Lipinski definition) is 1. The van der Waals surface area contributed by atoms with E-state index in [1.54, 1.807) is 0 Å². The van der Waals surface area contributed by atoms with E-state index >= 15 is 0 Å². The molecular formula is C24H22ClF2N3O4S. The first kappa shape index (κ1) is 23.9. The molecule has 2 aromatic rings. The molecule has 2 fully saturated rings. The molecule has 3 aliphatic heterocycles. The second kappa shape index (κ2) is 9.33. The Kier molecular flexibility index (Phi) is 6.37. The first-order valence-electron chi connectivity index (χ1n) is 11.0. The Morgan fingerprint density at radius 3 is 2.54 bits per heavy atom. The summed E-state index contributed by atoms with van der Waals surface area (Å²) in [5.41, 5.74) is 1.80. The number of carbonyl (C=O) groups is 2. The number of halogens is 3. The highest BCUT2D eigenvalue weighted by Gasteiger charge is 2.30. The first-order chi connectivity index (χ1) is 16.7. The average Bonchev–Trinajstić information content (AvgIpc) is 3.39. The van der Waals surface area contributed by atoms with Crippen molar-refractivity contribution in [2.45, 2.75) is 19.4 Å². The molecule has 0 aromatic heterocycles. The number of ether oxygens (including phenoxy) is 2. The van der Waals surface area contributed by atoms with Crippen LogP contribution in [0.1, 0.15) is 23.6 Å². The molecule has 2 aromatic carbocycles. The number of carbonyl (C=O) groups excluding carboxylic acids is 2. The molecule has 0 aliphatic carbocycles. The van der Waals surface area contributed by atoms with E-state index in [0.717, 1.165) is 55.4 Å². The zero-order valence-electron chi connectivity index (χ0n) is 18.8. The van der Waals surface area contributed by atoms with Crippen LogP contribution in [0.3, 0.4) is 0 Å². The van der Waals surface area contributed by atoms with E-state index in [2.05, 4.69) is 10.2 Å². The van der Waals surface area contributed by atoms with Crippen molar-refractivity contribution in [3.63, 3.8) is 0 Å². The van der Waals surface area contributed by atoms with Crippen LogP contribution in [0.15, 0.2) is 35.2 Å². The van der Waals surface area contributed by atoms with Crippen LogP contribution < -0.4 is 19.7 Å². The monoisotopic (exact) mass is 521 g/mol. The standard InChI is InChI=1S/C24H22ClF2N3O4S/c1-24(26,27)16-9-15(10-20-22(31)28-23(32)35-20)21(17(25)11-16)30-6-4-29(5-7-30)12-14-2-3-18-19(8-14)34-13-33-18/h2-3,8-11H,4-7,12-13H2,1H3,(H,28,31,32)/b20-10-. The molecule has 5 rings (SSSR count). The molecule has 1 N–H and O–H groups in total. The predicted molar refractivity (Wildman–Crippen MR) is 130 cm³/mol. The highest BCUT2D eigenvalue weighted by Crippen LogP contribution is 2.40. The smallest absolute Gasteiger partial charge is 0.290 e. The number of anilines is 1. The van der Waals surface area contributed by atoms with Crippen LogP contribution in [0, 0.1) is 0 Å². The molecule has 7 nitrogen and oxygen atoms in total. The Hall–Kier alpha value is -2.82. The van der Waals surface area contributed by atoms with Crippen molar-refractivity contribution in [2.75, 3.05) is 37.9 Å². The van der Waals surface area contributed by atoms with E-state index in [9.17, 15) is 18.4 Å². The molecule has 0 atom stereocenters. The second-order valence-corrected chi connectivity index (χ2v) is 10.0. The van der Waals surface area contributed by atoms with Gasteiger partial charge in [-0.1, -0.05) is 17.7 Å². The molecule has 184 valence electrons. The molecule has 35 heavy (non-hydrogen) atoms. The van der Waals surface area contributed by atoms with Crippen molar-refractivity contribution in [1.82, 2.24) is 10.2 Å². The van der Waals surface area contributed by atoms with Gasteiger partial charge in [0.2, 0.25) is 6.79 Å². The summed E-state index contributed by atoms with van der Waals surface area (Å²) in [6.07, 6.45) is 1.46. The van der Waals surface area contributed by atoms with Crippen molar-refractivity contribution in [3.8, 4) is 11.5 Å². The lowest BCUT2D eigenvalue weighted by atomic mass is 10.0. The Balaban J connectivity index is 1.37. The maximum absolute atomic E-state index is 14.1. The van der Waals surface area contributed by atoms with Crippen LogP contribution in [0.5, 0.6) is 11.5 Å². The summed E-state index contributed by atoms with van der Waals surface area (Å²) < 4.78 is 39.1. The van der Waals surface area contributed by atoms with Crippen LogP contribution in [0.25, 0.3) is 6.08 Å². The normalized spacial score (nSPS) is 19.5. The number of hydrogen-bond acceptors (Lipinski definition) is 7. The van der Waals surface area contributed by atoms with Crippen molar-refractivity contribution in [3.05, 3.63) is 56.9 Å². The van der Waals surface area contributed by atoms with Gasteiger partial charge in [-0.25, -0.2) is 8.78 Å². The topological polar surface area (TPSA) is 71.1 Å². The number of rotatable bonds is 5. The number of amides is 2. The molecule has 0 spiro atoms. The van der Waals surface area contributed by atoms with Crippen molar-refractivity contribution in [1.29, 1.82) is 0 Å². The van der Waals surface area contributed by atoms with E-state index in [4.69, 9.17) is 21.1 Å². The predicted octanol–water partition coefficient (Wildman–Crippen LogP) is 4.83. The van der Waals surface area contributed by atoms with Crippen LogP contribution in [0.2, 0.25) is 5.02 Å². The number of imide groups is 1. The number of alkyl halides is 2. The lowest BCUT2D eigenvalue weighted by Crippen LogP contribution is -2.46. The summed E-state index contributed by atoms with van der Waals surface area (Å²) in [5, 5.41) is 1.87. The SMILES string of the molecule is CC(F)(F)c1cc(Cl)c(N2CCN(Cc3ccc4c(c3)OCO4)CC2)c(/C=C2\SC(=O)NC2=O)c1. The molecule has 0 radical (unpaired) electrons. The van der Waals surface area contributed by atoms with Gasteiger partial charge in [0.1, 0.15) is 0 Å². The number of nitrogens with zero attached hydrogens (tertiary/aromatic N) is 2. The Labute approximate surface area is 210 Å². The highest BCUT2D eigenvalue weighted by atomic mass is 35.5. The summed E-state index contributed by atoms with van der Waals surface area (Å²) in [5.74, 6) is -2.18. The maximum atomic E-state index is 14.1. The Morgan fingerprint density at radius 2 is 1.86 bits per heavy atom. The number of piperazine rings is 1.